The maximum Gasteiger partial charge on any atom is 0.258 e. The molecule has 3 aromatic rings. The zero-order valence-corrected chi connectivity index (χ0v) is 20.8. The number of hydrogen-bond donors (Lipinski definition) is 3. The second kappa shape index (κ2) is 11.8. The van der Waals surface area contributed by atoms with E-state index >= 15 is 0 Å². The van der Waals surface area contributed by atoms with Crippen molar-refractivity contribution < 1.29 is 24.3 Å². The molecule has 1 unspecified atom stereocenters. The molecule has 0 bridgehead atoms. The normalized spacial score (nSPS) is 11.9. The van der Waals surface area contributed by atoms with Gasteiger partial charge in [-0.2, -0.15) is 4.98 Å². The van der Waals surface area contributed by atoms with Gasteiger partial charge >= 0.3 is 0 Å². The maximum atomic E-state index is 11.2. The van der Waals surface area contributed by atoms with Crippen molar-refractivity contribution in [2.45, 2.75) is 39.7 Å². The number of aliphatic hydroxyl groups excluding tert-OH is 2. The number of ether oxygens (including phenoxy) is 1. The van der Waals surface area contributed by atoms with Crippen molar-refractivity contribution in [3.05, 3.63) is 41.1 Å². The second-order valence-electron chi connectivity index (χ2n) is 8.44. The Kier molecular flexibility index (Phi) is 8.78. The van der Waals surface area contributed by atoms with Crippen LogP contribution in [-0.2, 0) is 17.6 Å². The van der Waals surface area contributed by atoms with E-state index in [1.165, 1.54) is 0 Å². The highest BCUT2D eigenvalue weighted by molar-refractivity contribution is 5.76. The SMILES string of the molecule is CCc1cc(-c2nc(-c3cc(C)c(OCC(O)CNC(=O)CO)c(CC)c3)no2)cc(N(C)C)n1. The summed E-state index contributed by atoms with van der Waals surface area (Å²) in [6.45, 7) is 5.35. The fourth-order valence-electron chi connectivity index (χ4n) is 3.53. The van der Waals surface area contributed by atoms with Crippen molar-refractivity contribution in [2.24, 2.45) is 0 Å². The average Bonchev–Trinajstić information content (AvgIpc) is 3.36. The Morgan fingerprint density at radius 3 is 2.57 bits per heavy atom. The van der Waals surface area contributed by atoms with Gasteiger partial charge in [-0.15, -0.1) is 0 Å². The smallest absolute Gasteiger partial charge is 0.258 e. The van der Waals surface area contributed by atoms with Gasteiger partial charge in [0.05, 0.1) is 0 Å². The van der Waals surface area contributed by atoms with E-state index in [1.807, 2.05) is 64.0 Å². The van der Waals surface area contributed by atoms with E-state index in [4.69, 9.17) is 14.4 Å². The molecule has 35 heavy (non-hydrogen) atoms. The highest BCUT2D eigenvalue weighted by atomic mass is 16.5. The van der Waals surface area contributed by atoms with Gasteiger partial charge in [-0.25, -0.2) is 4.98 Å². The molecule has 0 aliphatic heterocycles. The topological polar surface area (TPSA) is 134 Å². The Balaban J connectivity index is 1.81. The Labute approximate surface area is 205 Å². The van der Waals surface area contributed by atoms with Crippen LogP contribution in [0.25, 0.3) is 22.8 Å². The third kappa shape index (κ3) is 6.55. The van der Waals surface area contributed by atoms with Crippen LogP contribution in [0.15, 0.2) is 28.8 Å². The number of benzene rings is 1. The zero-order chi connectivity index (χ0) is 25.5. The largest absolute Gasteiger partial charge is 0.490 e. The molecule has 2 aromatic heterocycles. The lowest BCUT2D eigenvalue weighted by atomic mass is 10.0. The van der Waals surface area contributed by atoms with E-state index in [0.717, 1.165) is 40.2 Å². The number of nitrogens with zero attached hydrogens (tertiary/aromatic N) is 4. The molecule has 1 amide bonds. The number of carbonyl (C=O) groups is 1. The van der Waals surface area contributed by atoms with Crippen molar-refractivity contribution in [3.63, 3.8) is 0 Å². The van der Waals surface area contributed by atoms with Gasteiger partial charge in [-0.3, -0.25) is 4.79 Å². The Morgan fingerprint density at radius 2 is 1.91 bits per heavy atom. The summed E-state index contributed by atoms with van der Waals surface area (Å²) in [5, 5.41) is 25.5. The quantitative estimate of drug-likeness (QED) is 0.375. The van der Waals surface area contributed by atoms with Crippen molar-refractivity contribution in [3.8, 4) is 28.6 Å². The second-order valence-corrected chi connectivity index (χ2v) is 8.44. The predicted molar refractivity (Wildman–Crippen MR) is 132 cm³/mol. The lowest BCUT2D eigenvalue weighted by Crippen LogP contribution is -2.36. The summed E-state index contributed by atoms with van der Waals surface area (Å²) >= 11 is 0. The lowest BCUT2D eigenvalue weighted by molar-refractivity contribution is -0.124. The summed E-state index contributed by atoms with van der Waals surface area (Å²) in [7, 11) is 3.88. The van der Waals surface area contributed by atoms with Gasteiger partial charge in [-0.05, 0) is 55.2 Å². The first-order valence-corrected chi connectivity index (χ1v) is 11.6. The molecule has 0 saturated carbocycles. The third-order valence-corrected chi connectivity index (χ3v) is 5.45. The Bertz CT molecular complexity index is 1160. The molecular formula is C25H33N5O5. The van der Waals surface area contributed by atoms with Crippen LogP contribution in [0.4, 0.5) is 5.82 Å². The van der Waals surface area contributed by atoms with Gasteiger partial charge in [0.25, 0.3) is 5.89 Å². The molecular weight excluding hydrogens is 450 g/mol. The number of anilines is 1. The molecule has 0 aliphatic carbocycles. The molecule has 0 saturated heterocycles. The standard InChI is InChI=1S/C25H33N5O5/c1-6-16-9-17(8-15(3)23(16)34-14-20(32)12-26-22(33)13-31)24-28-25(35-29-24)18-10-19(7-2)27-21(11-18)30(4)5/h8-11,20,31-32H,6-7,12-14H2,1-5H3,(H,26,33). The van der Waals surface area contributed by atoms with E-state index in [2.05, 4.69) is 20.4 Å². The predicted octanol–water partition coefficient (Wildman–Crippen LogP) is 2.15. The zero-order valence-electron chi connectivity index (χ0n) is 20.8. The van der Waals surface area contributed by atoms with Crippen LogP contribution in [0.5, 0.6) is 5.75 Å². The molecule has 1 atom stereocenters. The number of aliphatic hydroxyl groups is 2. The first-order chi connectivity index (χ1) is 16.7. The number of rotatable bonds is 11. The van der Waals surface area contributed by atoms with Gasteiger partial charge in [0, 0.05) is 37.5 Å². The minimum absolute atomic E-state index is 0.00126. The van der Waals surface area contributed by atoms with Crippen molar-refractivity contribution >= 4 is 11.7 Å². The molecule has 1 aromatic carbocycles. The molecule has 10 nitrogen and oxygen atoms in total. The highest BCUT2D eigenvalue weighted by Crippen LogP contribution is 2.32. The number of aryl methyl sites for hydroxylation is 3. The highest BCUT2D eigenvalue weighted by Gasteiger charge is 2.17. The first kappa shape index (κ1) is 26.1. The maximum absolute atomic E-state index is 11.2. The number of carbonyl (C=O) groups excluding carboxylic acids is 1. The first-order valence-electron chi connectivity index (χ1n) is 11.6. The number of aromatic nitrogens is 3. The number of pyridine rings is 1. The van der Waals surface area contributed by atoms with Gasteiger partial charge in [0.15, 0.2) is 0 Å². The molecule has 3 rings (SSSR count). The minimum Gasteiger partial charge on any atom is -0.490 e. The van der Waals surface area contributed by atoms with E-state index in [0.29, 0.717) is 23.9 Å². The molecule has 2 heterocycles. The lowest BCUT2D eigenvalue weighted by Gasteiger charge is -2.17. The average molecular weight is 484 g/mol. The number of nitrogens with one attached hydrogen (secondary N) is 1. The van der Waals surface area contributed by atoms with Gasteiger partial charge < -0.3 is 29.7 Å². The summed E-state index contributed by atoms with van der Waals surface area (Å²) in [5.74, 6) is 1.84. The molecule has 188 valence electrons. The van der Waals surface area contributed by atoms with Crippen LogP contribution in [0.2, 0.25) is 0 Å². The summed E-state index contributed by atoms with van der Waals surface area (Å²) in [5.41, 5.74) is 4.35. The van der Waals surface area contributed by atoms with Crippen LogP contribution >= 0.6 is 0 Å². The molecule has 0 radical (unpaired) electrons. The van der Waals surface area contributed by atoms with Crippen molar-refractivity contribution in [2.75, 3.05) is 38.8 Å². The summed E-state index contributed by atoms with van der Waals surface area (Å²) in [6, 6.07) is 7.74. The molecule has 10 heteroatoms. The van der Waals surface area contributed by atoms with Crippen molar-refractivity contribution in [1.29, 1.82) is 0 Å². The summed E-state index contributed by atoms with van der Waals surface area (Å²) in [6.07, 6.45) is 0.579. The van der Waals surface area contributed by atoms with Crippen LogP contribution in [0, 0.1) is 6.92 Å². The van der Waals surface area contributed by atoms with Crippen LogP contribution in [0.3, 0.4) is 0 Å². The fourth-order valence-corrected chi connectivity index (χ4v) is 3.53. The summed E-state index contributed by atoms with van der Waals surface area (Å²) < 4.78 is 11.5. The minimum atomic E-state index is -0.908. The van der Waals surface area contributed by atoms with Gasteiger partial charge in [0.2, 0.25) is 11.7 Å². The fraction of sp³-hybridized carbons (Fsp3) is 0.440. The Morgan fingerprint density at radius 1 is 1.14 bits per heavy atom. The number of amides is 1. The van der Waals surface area contributed by atoms with E-state index in [1.54, 1.807) is 0 Å². The Hall–Kier alpha value is -3.50. The molecule has 0 fully saturated rings. The monoisotopic (exact) mass is 483 g/mol. The van der Waals surface area contributed by atoms with Crippen LogP contribution < -0.4 is 15.0 Å². The van der Waals surface area contributed by atoms with E-state index in [9.17, 15) is 9.90 Å². The third-order valence-electron chi connectivity index (χ3n) is 5.45. The summed E-state index contributed by atoms with van der Waals surface area (Å²) in [4.78, 5) is 22.3. The molecule has 3 N–H and O–H groups in total. The van der Waals surface area contributed by atoms with Crippen LogP contribution in [-0.4, -0.2) is 71.2 Å². The number of hydrogen-bond acceptors (Lipinski definition) is 9. The van der Waals surface area contributed by atoms with E-state index < -0.39 is 18.6 Å². The van der Waals surface area contributed by atoms with Gasteiger partial charge in [0.1, 0.15) is 30.9 Å². The molecule has 0 spiro atoms. The van der Waals surface area contributed by atoms with Gasteiger partial charge in [-0.1, -0.05) is 19.0 Å². The van der Waals surface area contributed by atoms with E-state index in [-0.39, 0.29) is 13.2 Å². The van der Waals surface area contributed by atoms with Crippen molar-refractivity contribution in [1.82, 2.24) is 20.4 Å². The molecule has 0 aliphatic rings. The van der Waals surface area contributed by atoms with Crippen LogP contribution in [0.1, 0.15) is 30.7 Å².